The van der Waals surface area contributed by atoms with Gasteiger partial charge in [0, 0.05) is 13.2 Å². The van der Waals surface area contributed by atoms with E-state index in [0.29, 0.717) is 39.6 Å². The van der Waals surface area contributed by atoms with E-state index in [0.717, 1.165) is 12.8 Å². The first kappa shape index (κ1) is 49.2. The predicted octanol–water partition coefficient (Wildman–Crippen LogP) is 11.8. The molecule has 0 aromatic carbocycles. The van der Waals surface area contributed by atoms with Crippen molar-refractivity contribution in [2.75, 3.05) is 52.9 Å². The van der Waals surface area contributed by atoms with E-state index in [1.54, 1.807) is 0 Å². The monoisotopic (exact) mass is 711 g/mol. The molecule has 298 valence electrons. The van der Waals surface area contributed by atoms with E-state index in [2.05, 4.69) is 38.2 Å². The van der Waals surface area contributed by atoms with E-state index in [9.17, 15) is 10.2 Å². The van der Waals surface area contributed by atoms with Crippen LogP contribution in [0.15, 0.2) is 24.3 Å². The van der Waals surface area contributed by atoms with Gasteiger partial charge in [-0.25, -0.2) is 0 Å². The van der Waals surface area contributed by atoms with E-state index < -0.39 is 12.2 Å². The zero-order valence-electron chi connectivity index (χ0n) is 33.4. The van der Waals surface area contributed by atoms with Crippen LogP contribution in [0.1, 0.15) is 194 Å². The predicted molar refractivity (Wildman–Crippen MR) is 214 cm³/mol. The number of aliphatic hydroxyl groups is 2. The van der Waals surface area contributed by atoms with Crippen molar-refractivity contribution in [3.8, 4) is 0 Å². The fourth-order valence-corrected chi connectivity index (χ4v) is 5.99. The van der Waals surface area contributed by atoms with Crippen molar-refractivity contribution >= 4 is 0 Å². The highest BCUT2D eigenvalue weighted by Crippen LogP contribution is 2.12. The van der Waals surface area contributed by atoms with E-state index in [1.165, 1.54) is 167 Å². The minimum Gasteiger partial charge on any atom is -0.388 e. The molecule has 0 saturated heterocycles. The Balaban J connectivity index is 3.28. The summed E-state index contributed by atoms with van der Waals surface area (Å²) in [6.07, 6.45) is 44.6. The Morgan fingerprint density at radius 3 is 0.860 bits per heavy atom. The Bertz CT molecular complexity index is 669. The van der Waals surface area contributed by atoms with Gasteiger partial charge in [0.15, 0.2) is 0 Å². The smallest absolute Gasteiger partial charge is 0.101 e. The molecule has 0 radical (unpaired) electrons. The second-order valence-corrected chi connectivity index (χ2v) is 14.5. The minimum absolute atomic E-state index is 0.235. The molecule has 50 heavy (non-hydrogen) atoms. The molecule has 2 atom stereocenters. The molecule has 2 N–H and O–H groups in total. The Morgan fingerprint density at radius 2 is 0.560 bits per heavy atom. The normalized spacial score (nSPS) is 13.3. The molecule has 2 unspecified atom stereocenters. The summed E-state index contributed by atoms with van der Waals surface area (Å²) >= 11 is 0. The number of hydrogen-bond acceptors (Lipinski definition) is 6. The van der Waals surface area contributed by atoms with Crippen LogP contribution in [0, 0.1) is 0 Å². The molecule has 0 heterocycles. The minimum atomic E-state index is -0.620. The SMILES string of the molecule is CCCCCCC/C=C/CCCCCCCCCOCC(O)COCCOCC(O)COCCCCCCCC/C=C/CCCCCCCC. The summed E-state index contributed by atoms with van der Waals surface area (Å²) in [4.78, 5) is 0. The number of ether oxygens (including phenoxy) is 4. The number of unbranched alkanes of at least 4 members (excludes halogenated alkanes) is 24. The standard InChI is InChI=1S/C44H86O6/c1-3-5-7-9-11-13-15-17-19-21-23-25-27-29-31-33-35-47-39-43(45)41-49-37-38-50-42-44(46)40-48-36-34-32-30-28-26-24-22-20-18-16-14-12-10-8-6-4-2/h15,17-18,20,43-46H,3-14,16,19,21-42H2,1-2H3/b17-15+,20-18+. The van der Waals surface area contributed by atoms with Gasteiger partial charge in [-0.1, -0.05) is 154 Å². The van der Waals surface area contributed by atoms with Crippen LogP contribution in [0.4, 0.5) is 0 Å². The molecule has 0 bridgehead atoms. The lowest BCUT2D eigenvalue weighted by Crippen LogP contribution is -2.25. The Morgan fingerprint density at radius 1 is 0.320 bits per heavy atom. The summed E-state index contributed by atoms with van der Waals surface area (Å²) in [5.74, 6) is 0. The molecule has 6 heteroatoms. The van der Waals surface area contributed by atoms with E-state index in [4.69, 9.17) is 18.9 Å². The number of rotatable bonds is 43. The summed E-state index contributed by atoms with van der Waals surface area (Å²) in [7, 11) is 0. The highest BCUT2D eigenvalue weighted by Gasteiger charge is 2.07. The van der Waals surface area contributed by atoms with Crippen LogP contribution in [0.2, 0.25) is 0 Å². The lowest BCUT2D eigenvalue weighted by atomic mass is 10.1. The largest absolute Gasteiger partial charge is 0.388 e. The van der Waals surface area contributed by atoms with Crippen LogP contribution >= 0.6 is 0 Å². The molecule has 0 aliphatic heterocycles. The van der Waals surface area contributed by atoms with Crippen molar-refractivity contribution in [2.45, 2.75) is 206 Å². The van der Waals surface area contributed by atoms with Gasteiger partial charge in [0.2, 0.25) is 0 Å². The van der Waals surface area contributed by atoms with Crippen LogP contribution in [0.5, 0.6) is 0 Å². The van der Waals surface area contributed by atoms with Crippen LogP contribution < -0.4 is 0 Å². The van der Waals surface area contributed by atoms with Gasteiger partial charge in [-0.2, -0.15) is 0 Å². The topological polar surface area (TPSA) is 77.4 Å². The first-order valence-electron chi connectivity index (χ1n) is 21.7. The third-order valence-corrected chi connectivity index (χ3v) is 9.21. The van der Waals surface area contributed by atoms with Crippen molar-refractivity contribution in [1.29, 1.82) is 0 Å². The molecule has 0 saturated carbocycles. The average molecular weight is 711 g/mol. The summed E-state index contributed by atoms with van der Waals surface area (Å²) in [5.41, 5.74) is 0. The molecule has 0 aliphatic carbocycles. The highest BCUT2D eigenvalue weighted by atomic mass is 16.5. The van der Waals surface area contributed by atoms with Crippen LogP contribution in [0.3, 0.4) is 0 Å². The van der Waals surface area contributed by atoms with Gasteiger partial charge in [-0.15, -0.1) is 0 Å². The maximum absolute atomic E-state index is 10.1. The van der Waals surface area contributed by atoms with Crippen LogP contribution in [-0.4, -0.2) is 75.3 Å². The summed E-state index contributed by atoms with van der Waals surface area (Å²) in [6, 6.07) is 0. The molecule has 0 aliphatic rings. The first-order chi connectivity index (χ1) is 24.7. The summed E-state index contributed by atoms with van der Waals surface area (Å²) < 4.78 is 22.2. The fraction of sp³-hybridized carbons (Fsp3) is 0.909. The third-order valence-electron chi connectivity index (χ3n) is 9.21. The zero-order chi connectivity index (χ0) is 36.3. The van der Waals surface area contributed by atoms with Gasteiger partial charge in [-0.05, 0) is 64.2 Å². The first-order valence-corrected chi connectivity index (χ1v) is 21.7. The average Bonchev–Trinajstić information content (AvgIpc) is 3.12. The molecule has 0 amide bonds. The number of hydrogen-bond donors (Lipinski definition) is 2. The zero-order valence-corrected chi connectivity index (χ0v) is 33.4. The quantitative estimate of drug-likeness (QED) is 0.0484. The summed E-state index contributed by atoms with van der Waals surface area (Å²) in [5, 5.41) is 20.1. The Kier molecular flexibility index (Phi) is 43.7. The van der Waals surface area contributed by atoms with E-state index in [-0.39, 0.29) is 13.2 Å². The van der Waals surface area contributed by atoms with Gasteiger partial charge in [-0.3, -0.25) is 0 Å². The Hall–Kier alpha value is -0.760. The molecule has 0 spiro atoms. The van der Waals surface area contributed by atoms with Gasteiger partial charge < -0.3 is 29.2 Å². The molecular formula is C44H86O6. The van der Waals surface area contributed by atoms with Crippen molar-refractivity contribution < 1.29 is 29.2 Å². The lowest BCUT2D eigenvalue weighted by molar-refractivity contribution is -0.0508. The molecule has 0 aromatic rings. The number of aliphatic hydroxyl groups excluding tert-OH is 2. The van der Waals surface area contributed by atoms with Crippen LogP contribution in [0.25, 0.3) is 0 Å². The molecule has 0 fully saturated rings. The lowest BCUT2D eigenvalue weighted by Gasteiger charge is -2.14. The number of allylic oxidation sites excluding steroid dienone is 4. The van der Waals surface area contributed by atoms with Gasteiger partial charge >= 0.3 is 0 Å². The van der Waals surface area contributed by atoms with Crippen molar-refractivity contribution in [3.63, 3.8) is 0 Å². The highest BCUT2D eigenvalue weighted by molar-refractivity contribution is 4.82. The Labute approximate surface area is 311 Å². The van der Waals surface area contributed by atoms with E-state index >= 15 is 0 Å². The molecule has 0 aromatic heterocycles. The molecule has 6 nitrogen and oxygen atoms in total. The maximum atomic E-state index is 10.1. The van der Waals surface area contributed by atoms with E-state index in [1.807, 2.05) is 0 Å². The van der Waals surface area contributed by atoms with Crippen molar-refractivity contribution in [3.05, 3.63) is 24.3 Å². The third kappa shape index (κ3) is 43.4. The second-order valence-electron chi connectivity index (χ2n) is 14.5. The van der Waals surface area contributed by atoms with Crippen molar-refractivity contribution in [2.24, 2.45) is 0 Å². The van der Waals surface area contributed by atoms with Gasteiger partial charge in [0.1, 0.15) is 12.2 Å². The van der Waals surface area contributed by atoms with Gasteiger partial charge in [0.25, 0.3) is 0 Å². The maximum Gasteiger partial charge on any atom is 0.101 e. The summed E-state index contributed by atoms with van der Waals surface area (Å²) in [6.45, 7) is 7.78. The van der Waals surface area contributed by atoms with Gasteiger partial charge in [0.05, 0.1) is 39.6 Å². The van der Waals surface area contributed by atoms with Crippen molar-refractivity contribution in [1.82, 2.24) is 0 Å². The fourth-order valence-electron chi connectivity index (χ4n) is 5.99. The van der Waals surface area contributed by atoms with Crippen LogP contribution in [-0.2, 0) is 18.9 Å². The molecule has 0 rings (SSSR count). The second kappa shape index (κ2) is 44.4. The molecular weight excluding hydrogens is 624 g/mol.